The van der Waals surface area contributed by atoms with E-state index in [1.807, 2.05) is 55.5 Å². The lowest BCUT2D eigenvalue weighted by Crippen LogP contribution is -1.96. The van der Waals surface area contributed by atoms with Crippen LogP contribution in [0.2, 0.25) is 0 Å². The van der Waals surface area contributed by atoms with Crippen molar-refractivity contribution < 1.29 is 9.26 Å². The van der Waals surface area contributed by atoms with Crippen molar-refractivity contribution in [3.63, 3.8) is 0 Å². The van der Waals surface area contributed by atoms with Crippen LogP contribution in [0.4, 0.5) is 11.4 Å². The van der Waals surface area contributed by atoms with Crippen molar-refractivity contribution in [2.75, 3.05) is 6.61 Å². The number of benzene rings is 2. The van der Waals surface area contributed by atoms with Crippen molar-refractivity contribution in [3.8, 4) is 16.9 Å². The van der Waals surface area contributed by atoms with Gasteiger partial charge in [0.25, 0.3) is 0 Å². The third-order valence-corrected chi connectivity index (χ3v) is 4.31. The molecule has 0 spiro atoms. The van der Waals surface area contributed by atoms with Crippen LogP contribution in [-0.4, -0.2) is 11.8 Å². The third kappa shape index (κ3) is 5.51. The summed E-state index contributed by atoms with van der Waals surface area (Å²) in [5.74, 6) is 1.68. The van der Waals surface area contributed by atoms with Crippen molar-refractivity contribution in [2.45, 2.75) is 39.5 Å². The minimum absolute atomic E-state index is 0.763. The Balaban J connectivity index is 1.54. The van der Waals surface area contributed by atoms with Gasteiger partial charge in [-0.1, -0.05) is 43.5 Å². The summed E-state index contributed by atoms with van der Waals surface area (Å²) in [7, 11) is 0. The number of azo groups is 1. The van der Waals surface area contributed by atoms with Gasteiger partial charge in [-0.15, -0.1) is 0 Å². The summed E-state index contributed by atoms with van der Waals surface area (Å²) in [5, 5.41) is 12.4. The van der Waals surface area contributed by atoms with E-state index in [1.165, 1.54) is 19.3 Å². The molecular weight excluding hydrogens is 338 g/mol. The number of hydrogen-bond donors (Lipinski definition) is 0. The Morgan fingerprint density at radius 3 is 2.15 bits per heavy atom. The SMILES string of the molecule is CCCCCCOc1ccc(N=Nc2ccc(-c3cnoc3C)cc2)cc1. The normalized spacial score (nSPS) is 11.2. The maximum Gasteiger partial charge on any atom is 0.141 e. The lowest BCUT2D eigenvalue weighted by atomic mass is 10.1. The number of aromatic nitrogens is 1. The molecule has 0 atom stereocenters. The predicted octanol–water partition coefficient (Wildman–Crippen LogP) is 7.02. The summed E-state index contributed by atoms with van der Waals surface area (Å²) < 4.78 is 10.8. The molecule has 0 saturated heterocycles. The third-order valence-electron chi connectivity index (χ3n) is 4.31. The van der Waals surface area contributed by atoms with Crippen molar-refractivity contribution in [3.05, 3.63) is 60.5 Å². The Labute approximate surface area is 160 Å². The van der Waals surface area contributed by atoms with Gasteiger partial charge in [-0.3, -0.25) is 0 Å². The van der Waals surface area contributed by atoms with Gasteiger partial charge < -0.3 is 9.26 Å². The van der Waals surface area contributed by atoms with Gasteiger partial charge in [-0.2, -0.15) is 10.2 Å². The first-order valence-electron chi connectivity index (χ1n) is 9.42. The molecule has 0 aliphatic carbocycles. The first-order chi connectivity index (χ1) is 13.3. The molecule has 0 bridgehead atoms. The highest BCUT2D eigenvalue weighted by atomic mass is 16.5. The minimum Gasteiger partial charge on any atom is -0.494 e. The van der Waals surface area contributed by atoms with E-state index in [1.54, 1.807) is 6.20 Å². The van der Waals surface area contributed by atoms with Gasteiger partial charge in [-0.05, 0) is 55.3 Å². The molecule has 2 aromatic carbocycles. The second-order valence-electron chi connectivity index (χ2n) is 6.45. The van der Waals surface area contributed by atoms with E-state index in [4.69, 9.17) is 9.26 Å². The average Bonchev–Trinajstić information content (AvgIpc) is 3.13. The molecule has 0 aliphatic heterocycles. The van der Waals surface area contributed by atoms with E-state index >= 15 is 0 Å². The van der Waals surface area contributed by atoms with Crippen molar-refractivity contribution in [2.24, 2.45) is 10.2 Å². The molecule has 5 nitrogen and oxygen atoms in total. The fraction of sp³-hybridized carbons (Fsp3) is 0.318. The van der Waals surface area contributed by atoms with Crippen LogP contribution in [0, 0.1) is 6.92 Å². The summed E-state index contributed by atoms with van der Waals surface area (Å²) in [6, 6.07) is 15.5. The fourth-order valence-corrected chi connectivity index (χ4v) is 2.73. The summed E-state index contributed by atoms with van der Waals surface area (Å²) >= 11 is 0. The van der Waals surface area contributed by atoms with Crippen LogP contribution in [0.5, 0.6) is 5.75 Å². The summed E-state index contributed by atoms with van der Waals surface area (Å²) in [5.41, 5.74) is 3.63. The zero-order chi connectivity index (χ0) is 18.9. The highest BCUT2D eigenvalue weighted by molar-refractivity contribution is 5.66. The smallest absolute Gasteiger partial charge is 0.141 e. The quantitative estimate of drug-likeness (QED) is 0.303. The molecule has 0 saturated carbocycles. The molecule has 3 aromatic rings. The molecule has 140 valence electrons. The predicted molar refractivity (Wildman–Crippen MR) is 107 cm³/mol. The highest BCUT2D eigenvalue weighted by Crippen LogP contribution is 2.26. The van der Waals surface area contributed by atoms with E-state index < -0.39 is 0 Å². The number of ether oxygens (including phenoxy) is 1. The van der Waals surface area contributed by atoms with Crippen LogP contribution in [0.1, 0.15) is 38.4 Å². The van der Waals surface area contributed by atoms with E-state index in [-0.39, 0.29) is 0 Å². The zero-order valence-electron chi connectivity index (χ0n) is 15.9. The average molecular weight is 363 g/mol. The van der Waals surface area contributed by atoms with Gasteiger partial charge in [0, 0.05) is 5.56 Å². The molecule has 5 heteroatoms. The van der Waals surface area contributed by atoms with Gasteiger partial charge in [0.2, 0.25) is 0 Å². The van der Waals surface area contributed by atoms with E-state index in [2.05, 4.69) is 22.3 Å². The lowest BCUT2D eigenvalue weighted by Gasteiger charge is -2.05. The number of nitrogens with zero attached hydrogens (tertiary/aromatic N) is 3. The summed E-state index contributed by atoms with van der Waals surface area (Å²) in [6.45, 7) is 4.87. The Bertz CT molecular complexity index is 852. The first kappa shape index (κ1) is 18.8. The zero-order valence-corrected chi connectivity index (χ0v) is 15.9. The fourth-order valence-electron chi connectivity index (χ4n) is 2.73. The van der Waals surface area contributed by atoms with Crippen molar-refractivity contribution in [1.29, 1.82) is 0 Å². The van der Waals surface area contributed by atoms with Gasteiger partial charge in [0.1, 0.15) is 11.5 Å². The van der Waals surface area contributed by atoms with Crippen molar-refractivity contribution in [1.82, 2.24) is 5.16 Å². The highest BCUT2D eigenvalue weighted by Gasteiger charge is 2.05. The van der Waals surface area contributed by atoms with Gasteiger partial charge in [-0.25, -0.2) is 0 Å². The maximum absolute atomic E-state index is 5.74. The molecule has 1 heterocycles. The standard InChI is InChI=1S/C22H25N3O2/c1-3-4-5-6-15-26-21-13-11-20(12-14-21)25-24-19-9-7-18(8-10-19)22-16-23-27-17(22)2/h7-14,16H,3-6,15H2,1-2H3. The molecule has 0 amide bonds. The second-order valence-corrected chi connectivity index (χ2v) is 6.45. The molecule has 0 unspecified atom stereocenters. The number of hydrogen-bond acceptors (Lipinski definition) is 5. The van der Waals surface area contributed by atoms with Gasteiger partial charge in [0.05, 0.1) is 24.2 Å². The topological polar surface area (TPSA) is 60.0 Å². The molecule has 1 aromatic heterocycles. The minimum atomic E-state index is 0.763. The number of aryl methyl sites for hydroxylation is 1. The molecule has 0 radical (unpaired) electrons. The van der Waals surface area contributed by atoms with Crippen LogP contribution in [0.25, 0.3) is 11.1 Å². The first-order valence-corrected chi connectivity index (χ1v) is 9.42. The maximum atomic E-state index is 5.74. The van der Waals surface area contributed by atoms with Crippen LogP contribution in [0.3, 0.4) is 0 Å². The monoisotopic (exact) mass is 363 g/mol. The van der Waals surface area contributed by atoms with E-state index in [0.717, 1.165) is 47.0 Å². The Morgan fingerprint density at radius 1 is 0.889 bits per heavy atom. The largest absolute Gasteiger partial charge is 0.494 e. The molecule has 3 rings (SSSR count). The van der Waals surface area contributed by atoms with Crippen LogP contribution < -0.4 is 4.74 Å². The Hall–Kier alpha value is -2.95. The molecule has 0 N–H and O–H groups in total. The molecular formula is C22H25N3O2. The number of rotatable bonds is 9. The van der Waals surface area contributed by atoms with E-state index in [0.29, 0.717) is 0 Å². The second kappa shape index (κ2) is 9.67. The summed E-state index contributed by atoms with van der Waals surface area (Å²) in [4.78, 5) is 0. The molecule has 27 heavy (non-hydrogen) atoms. The van der Waals surface area contributed by atoms with Gasteiger partial charge in [0.15, 0.2) is 0 Å². The van der Waals surface area contributed by atoms with Crippen LogP contribution >= 0.6 is 0 Å². The summed E-state index contributed by atoms with van der Waals surface area (Å²) in [6.07, 6.45) is 6.54. The van der Waals surface area contributed by atoms with Gasteiger partial charge >= 0.3 is 0 Å². The van der Waals surface area contributed by atoms with Crippen molar-refractivity contribution >= 4 is 11.4 Å². The Kier molecular flexibility index (Phi) is 6.74. The lowest BCUT2D eigenvalue weighted by molar-refractivity contribution is 0.305. The van der Waals surface area contributed by atoms with E-state index in [9.17, 15) is 0 Å². The Morgan fingerprint density at radius 2 is 1.56 bits per heavy atom. The molecule has 0 fully saturated rings. The number of unbranched alkanes of at least 4 members (excludes halogenated alkanes) is 3. The van der Waals surface area contributed by atoms with Crippen LogP contribution in [-0.2, 0) is 0 Å². The molecule has 0 aliphatic rings. The van der Waals surface area contributed by atoms with Crippen LogP contribution in [0.15, 0.2) is 69.5 Å².